The second-order valence-electron chi connectivity index (χ2n) is 6.08. The average molecular weight is 327 g/mol. The van der Waals surface area contributed by atoms with Crippen molar-refractivity contribution >= 4 is 11.7 Å². The van der Waals surface area contributed by atoms with Crippen molar-refractivity contribution in [3.63, 3.8) is 0 Å². The van der Waals surface area contributed by atoms with Crippen molar-refractivity contribution in [3.8, 4) is 0 Å². The molecule has 1 amide bonds. The molecule has 2 N–H and O–H groups in total. The molecule has 1 atom stereocenters. The third kappa shape index (κ3) is 3.98. The van der Waals surface area contributed by atoms with E-state index in [4.69, 9.17) is 0 Å². The molecule has 24 heavy (non-hydrogen) atoms. The second-order valence-corrected chi connectivity index (χ2v) is 6.08. The quantitative estimate of drug-likeness (QED) is 0.867. The topological polar surface area (TPSA) is 91.0 Å². The maximum Gasteiger partial charge on any atom is 0.290 e. The van der Waals surface area contributed by atoms with Gasteiger partial charge in [-0.15, -0.1) is 0 Å². The first-order chi connectivity index (χ1) is 11.6. The fourth-order valence-corrected chi connectivity index (χ4v) is 2.92. The standard InChI is InChI=1S/C17H21N5O2/c1-12-4-5-13(10-20-12)9-15(23)21-14-3-2-8-22(11-14)16-17(24)19-7-6-18-16/h4-7,10,14H,2-3,8-9,11H2,1H3,(H,19,24)(H,21,23)/t14-/m1/s1. The van der Waals surface area contributed by atoms with Gasteiger partial charge in [-0.2, -0.15) is 0 Å². The predicted molar refractivity (Wildman–Crippen MR) is 90.9 cm³/mol. The van der Waals surface area contributed by atoms with Crippen LogP contribution in [0.1, 0.15) is 24.1 Å². The van der Waals surface area contributed by atoms with Gasteiger partial charge in [-0.25, -0.2) is 4.98 Å². The van der Waals surface area contributed by atoms with Crippen LogP contribution >= 0.6 is 0 Å². The van der Waals surface area contributed by atoms with Crippen LogP contribution in [-0.2, 0) is 11.2 Å². The number of aryl methyl sites for hydroxylation is 1. The molecule has 126 valence electrons. The van der Waals surface area contributed by atoms with E-state index in [1.807, 2.05) is 24.0 Å². The van der Waals surface area contributed by atoms with Gasteiger partial charge in [-0.1, -0.05) is 6.07 Å². The lowest BCUT2D eigenvalue weighted by Crippen LogP contribution is -2.49. The van der Waals surface area contributed by atoms with Gasteiger partial charge in [-0.05, 0) is 31.4 Å². The first-order valence-electron chi connectivity index (χ1n) is 8.11. The molecule has 0 aromatic carbocycles. The van der Waals surface area contributed by atoms with Crippen molar-refractivity contribution in [2.75, 3.05) is 18.0 Å². The minimum Gasteiger partial charge on any atom is -0.351 e. The Bertz CT molecular complexity index is 756. The fraction of sp³-hybridized carbons (Fsp3) is 0.412. The Morgan fingerprint density at radius 2 is 2.29 bits per heavy atom. The van der Waals surface area contributed by atoms with Gasteiger partial charge in [0.2, 0.25) is 5.91 Å². The van der Waals surface area contributed by atoms with Crippen LogP contribution in [0.25, 0.3) is 0 Å². The molecule has 0 radical (unpaired) electrons. The van der Waals surface area contributed by atoms with Crippen molar-refractivity contribution in [1.29, 1.82) is 0 Å². The molecule has 7 heteroatoms. The Morgan fingerprint density at radius 3 is 3.04 bits per heavy atom. The molecule has 1 saturated heterocycles. The van der Waals surface area contributed by atoms with Gasteiger partial charge in [0.15, 0.2) is 5.82 Å². The molecule has 0 bridgehead atoms. The van der Waals surface area contributed by atoms with Gasteiger partial charge in [0.25, 0.3) is 5.56 Å². The molecular formula is C17H21N5O2. The highest BCUT2D eigenvalue weighted by Crippen LogP contribution is 2.14. The van der Waals surface area contributed by atoms with E-state index in [1.165, 1.54) is 6.20 Å². The van der Waals surface area contributed by atoms with E-state index in [0.717, 1.165) is 30.6 Å². The molecule has 1 fully saturated rings. The summed E-state index contributed by atoms with van der Waals surface area (Å²) in [4.78, 5) is 37.0. The lowest BCUT2D eigenvalue weighted by atomic mass is 10.1. The van der Waals surface area contributed by atoms with Crippen molar-refractivity contribution in [2.24, 2.45) is 0 Å². The highest BCUT2D eigenvalue weighted by molar-refractivity contribution is 5.78. The van der Waals surface area contributed by atoms with E-state index in [9.17, 15) is 9.59 Å². The first-order valence-corrected chi connectivity index (χ1v) is 8.11. The van der Waals surface area contributed by atoms with E-state index in [-0.39, 0.29) is 17.5 Å². The molecule has 0 aliphatic carbocycles. The number of amides is 1. The minimum atomic E-state index is -0.199. The molecule has 3 rings (SSSR count). The zero-order valence-corrected chi connectivity index (χ0v) is 13.7. The van der Waals surface area contributed by atoms with Crippen LogP contribution in [0, 0.1) is 6.92 Å². The molecule has 1 aliphatic rings. The lowest BCUT2D eigenvalue weighted by molar-refractivity contribution is -0.121. The molecule has 7 nitrogen and oxygen atoms in total. The summed E-state index contributed by atoms with van der Waals surface area (Å²) >= 11 is 0. The minimum absolute atomic E-state index is 0.0195. The van der Waals surface area contributed by atoms with Crippen LogP contribution in [-0.4, -0.2) is 40.0 Å². The molecule has 1 aliphatic heterocycles. The number of anilines is 1. The number of piperidine rings is 1. The summed E-state index contributed by atoms with van der Waals surface area (Å²) in [6.07, 6.45) is 6.95. The summed E-state index contributed by atoms with van der Waals surface area (Å²) < 4.78 is 0. The number of nitrogens with one attached hydrogen (secondary N) is 2. The smallest absolute Gasteiger partial charge is 0.290 e. The normalized spacial score (nSPS) is 17.5. The second kappa shape index (κ2) is 7.25. The first kappa shape index (κ1) is 16.2. The van der Waals surface area contributed by atoms with Crippen molar-refractivity contribution in [3.05, 3.63) is 52.3 Å². The van der Waals surface area contributed by atoms with Crippen LogP contribution in [0.4, 0.5) is 5.82 Å². The van der Waals surface area contributed by atoms with Crippen LogP contribution in [0.15, 0.2) is 35.5 Å². The third-order valence-electron chi connectivity index (χ3n) is 4.11. The molecule has 3 heterocycles. The average Bonchev–Trinajstić information content (AvgIpc) is 2.57. The van der Waals surface area contributed by atoms with Crippen molar-refractivity contribution < 1.29 is 4.79 Å². The van der Waals surface area contributed by atoms with E-state index in [1.54, 1.807) is 12.4 Å². The van der Waals surface area contributed by atoms with Crippen molar-refractivity contribution in [2.45, 2.75) is 32.2 Å². The largest absolute Gasteiger partial charge is 0.351 e. The molecular weight excluding hydrogens is 306 g/mol. The van der Waals surface area contributed by atoms with Gasteiger partial charge in [0.1, 0.15) is 0 Å². The lowest BCUT2D eigenvalue weighted by Gasteiger charge is -2.33. The summed E-state index contributed by atoms with van der Waals surface area (Å²) in [7, 11) is 0. The van der Waals surface area contributed by atoms with Crippen LogP contribution < -0.4 is 15.8 Å². The summed E-state index contributed by atoms with van der Waals surface area (Å²) in [5.74, 6) is 0.390. The number of nitrogens with zero attached hydrogens (tertiary/aromatic N) is 3. The number of aromatic nitrogens is 3. The Morgan fingerprint density at radius 1 is 1.42 bits per heavy atom. The number of hydrogen-bond acceptors (Lipinski definition) is 5. The molecule has 0 unspecified atom stereocenters. The summed E-state index contributed by atoms with van der Waals surface area (Å²) in [5, 5.41) is 3.05. The zero-order chi connectivity index (χ0) is 16.9. The van der Waals surface area contributed by atoms with Crippen LogP contribution in [0.5, 0.6) is 0 Å². The third-order valence-corrected chi connectivity index (χ3v) is 4.11. The number of H-pyrrole nitrogens is 1. The Kier molecular flexibility index (Phi) is 4.88. The van der Waals surface area contributed by atoms with Gasteiger partial charge < -0.3 is 15.2 Å². The highest BCUT2D eigenvalue weighted by atomic mass is 16.1. The van der Waals surface area contributed by atoms with E-state index < -0.39 is 0 Å². The number of hydrogen-bond donors (Lipinski definition) is 2. The summed E-state index contributed by atoms with van der Waals surface area (Å²) in [6, 6.07) is 3.84. The van der Waals surface area contributed by atoms with Crippen LogP contribution in [0.2, 0.25) is 0 Å². The number of carbonyl (C=O) groups excluding carboxylic acids is 1. The number of rotatable bonds is 4. The van der Waals surface area contributed by atoms with Crippen LogP contribution in [0.3, 0.4) is 0 Å². The SMILES string of the molecule is Cc1ccc(CC(=O)N[C@@H]2CCCN(c3ncc[nH]c3=O)C2)cn1. The van der Waals surface area contributed by atoms with E-state index >= 15 is 0 Å². The molecule has 2 aromatic rings. The van der Waals surface area contributed by atoms with Crippen molar-refractivity contribution in [1.82, 2.24) is 20.3 Å². The Balaban J connectivity index is 1.59. The van der Waals surface area contributed by atoms with E-state index in [2.05, 4.69) is 20.3 Å². The maximum atomic E-state index is 12.2. The molecule has 2 aromatic heterocycles. The fourth-order valence-electron chi connectivity index (χ4n) is 2.92. The monoisotopic (exact) mass is 327 g/mol. The van der Waals surface area contributed by atoms with Gasteiger partial charge in [0, 0.05) is 43.4 Å². The zero-order valence-electron chi connectivity index (χ0n) is 13.7. The molecule has 0 saturated carbocycles. The van der Waals surface area contributed by atoms with Gasteiger partial charge in [-0.3, -0.25) is 14.6 Å². The summed E-state index contributed by atoms with van der Waals surface area (Å²) in [6.45, 7) is 3.28. The number of aromatic amines is 1. The maximum absolute atomic E-state index is 12.2. The van der Waals surface area contributed by atoms with Gasteiger partial charge >= 0.3 is 0 Å². The number of carbonyl (C=O) groups is 1. The molecule has 0 spiro atoms. The Labute approximate surface area is 140 Å². The predicted octanol–water partition coefficient (Wildman–Crippen LogP) is 0.801. The van der Waals surface area contributed by atoms with E-state index in [0.29, 0.717) is 18.8 Å². The Hall–Kier alpha value is -2.70. The highest BCUT2D eigenvalue weighted by Gasteiger charge is 2.23. The van der Waals surface area contributed by atoms with Gasteiger partial charge in [0.05, 0.1) is 6.42 Å². The summed E-state index contributed by atoms with van der Waals surface area (Å²) in [5.41, 5.74) is 1.63. The number of pyridine rings is 1.